The fraction of sp³-hybridized carbons (Fsp3) is 0.667. The summed E-state index contributed by atoms with van der Waals surface area (Å²) in [5, 5.41) is 3.21. The van der Waals surface area contributed by atoms with Crippen LogP contribution < -0.4 is 10.1 Å². The Hall–Kier alpha value is -1.36. The van der Waals surface area contributed by atoms with Gasteiger partial charge in [-0.3, -0.25) is 0 Å². The van der Waals surface area contributed by atoms with E-state index >= 15 is 0 Å². The van der Waals surface area contributed by atoms with Gasteiger partial charge in [-0.25, -0.2) is 4.98 Å². The first-order chi connectivity index (χ1) is 8.07. The molecule has 96 valence electrons. The number of methoxy groups -OCH3 is 2. The highest BCUT2D eigenvalue weighted by Gasteiger charge is 2.17. The van der Waals surface area contributed by atoms with E-state index in [1.165, 1.54) is 0 Å². The van der Waals surface area contributed by atoms with Crippen molar-refractivity contribution in [3.63, 3.8) is 0 Å². The summed E-state index contributed by atoms with van der Waals surface area (Å²) in [7, 11) is 3.31. The Bertz CT molecular complexity index is 342. The monoisotopic (exact) mass is 239 g/mol. The van der Waals surface area contributed by atoms with E-state index in [9.17, 15) is 0 Å². The summed E-state index contributed by atoms with van der Waals surface area (Å²) in [5.41, 5.74) is 0.141. The van der Waals surface area contributed by atoms with Gasteiger partial charge in [0.25, 0.3) is 0 Å². The first-order valence-electron chi connectivity index (χ1n) is 5.67. The minimum atomic E-state index is 0.141. The van der Waals surface area contributed by atoms with Crippen molar-refractivity contribution in [3.05, 3.63) is 12.3 Å². The molecule has 1 N–H and O–H groups in total. The van der Waals surface area contributed by atoms with Gasteiger partial charge in [0.05, 0.1) is 7.11 Å². The number of anilines is 1. The van der Waals surface area contributed by atoms with Crippen molar-refractivity contribution in [3.8, 4) is 5.88 Å². The molecule has 0 fully saturated rings. The van der Waals surface area contributed by atoms with Gasteiger partial charge in [0.1, 0.15) is 0 Å². The lowest BCUT2D eigenvalue weighted by Gasteiger charge is -2.24. The number of nitrogens with one attached hydrogen (secondary N) is 1. The van der Waals surface area contributed by atoms with Crippen LogP contribution in [0.25, 0.3) is 0 Å². The van der Waals surface area contributed by atoms with Crippen LogP contribution in [-0.2, 0) is 4.74 Å². The molecule has 0 aliphatic carbocycles. The van der Waals surface area contributed by atoms with Gasteiger partial charge in [-0.05, 0) is 11.8 Å². The molecule has 17 heavy (non-hydrogen) atoms. The maximum absolute atomic E-state index is 5.09. The molecule has 0 radical (unpaired) electrons. The highest BCUT2D eigenvalue weighted by atomic mass is 16.5. The zero-order chi connectivity index (χ0) is 12.7. The SMILES string of the molecule is COCCC(C)(C)CNc1nccc(OC)n1. The van der Waals surface area contributed by atoms with Crippen molar-refractivity contribution in [2.24, 2.45) is 5.41 Å². The third-order valence-electron chi connectivity index (χ3n) is 2.55. The molecule has 0 aromatic carbocycles. The summed E-state index contributed by atoms with van der Waals surface area (Å²) >= 11 is 0. The molecule has 1 aromatic heterocycles. The zero-order valence-electron chi connectivity index (χ0n) is 11.0. The van der Waals surface area contributed by atoms with Crippen LogP contribution in [0.1, 0.15) is 20.3 Å². The van der Waals surface area contributed by atoms with Gasteiger partial charge in [0.2, 0.25) is 11.8 Å². The van der Waals surface area contributed by atoms with Crippen LogP contribution in [0.4, 0.5) is 5.95 Å². The second-order valence-electron chi connectivity index (χ2n) is 4.68. The van der Waals surface area contributed by atoms with Gasteiger partial charge >= 0.3 is 0 Å². The number of nitrogens with zero attached hydrogens (tertiary/aromatic N) is 2. The lowest BCUT2D eigenvalue weighted by molar-refractivity contribution is 0.157. The highest BCUT2D eigenvalue weighted by Crippen LogP contribution is 2.20. The molecule has 5 heteroatoms. The van der Waals surface area contributed by atoms with E-state index in [1.807, 2.05) is 0 Å². The number of hydrogen-bond donors (Lipinski definition) is 1. The molecular weight excluding hydrogens is 218 g/mol. The molecule has 0 saturated heterocycles. The Balaban J connectivity index is 2.48. The van der Waals surface area contributed by atoms with E-state index in [4.69, 9.17) is 9.47 Å². The number of ether oxygens (including phenoxy) is 2. The lowest BCUT2D eigenvalue weighted by Crippen LogP contribution is -2.25. The molecule has 0 amide bonds. The van der Waals surface area contributed by atoms with Crippen LogP contribution in [0.3, 0.4) is 0 Å². The molecule has 0 aliphatic rings. The van der Waals surface area contributed by atoms with Crippen molar-refractivity contribution in [2.75, 3.05) is 32.7 Å². The van der Waals surface area contributed by atoms with Crippen molar-refractivity contribution in [1.29, 1.82) is 0 Å². The largest absolute Gasteiger partial charge is 0.481 e. The quantitative estimate of drug-likeness (QED) is 0.788. The zero-order valence-corrected chi connectivity index (χ0v) is 11.0. The molecular formula is C12H21N3O2. The number of aromatic nitrogens is 2. The highest BCUT2D eigenvalue weighted by molar-refractivity contribution is 5.27. The molecule has 1 heterocycles. The molecule has 5 nitrogen and oxygen atoms in total. The molecule has 0 saturated carbocycles. The predicted molar refractivity (Wildman–Crippen MR) is 67.3 cm³/mol. The summed E-state index contributed by atoms with van der Waals surface area (Å²) in [6.45, 7) is 5.91. The Labute approximate surface area is 103 Å². The van der Waals surface area contributed by atoms with Crippen molar-refractivity contribution in [2.45, 2.75) is 20.3 Å². The molecule has 0 spiro atoms. The maximum Gasteiger partial charge on any atom is 0.225 e. The summed E-state index contributed by atoms with van der Waals surface area (Å²) in [6, 6.07) is 1.72. The second-order valence-corrected chi connectivity index (χ2v) is 4.68. The smallest absolute Gasteiger partial charge is 0.225 e. The topological polar surface area (TPSA) is 56.3 Å². The van der Waals surface area contributed by atoms with E-state index in [0.29, 0.717) is 11.8 Å². The van der Waals surface area contributed by atoms with E-state index in [2.05, 4.69) is 29.1 Å². The van der Waals surface area contributed by atoms with Gasteiger partial charge in [0, 0.05) is 32.5 Å². The van der Waals surface area contributed by atoms with Crippen molar-refractivity contribution < 1.29 is 9.47 Å². The van der Waals surface area contributed by atoms with Crippen LogP contribution in [0.2, 0.25) is 0 Å². The number of hydrogen-bond acceptors (Lipinski definition) is 5. The molecule has 0 bridgehead atoms. The van der Waals surface area contributed by atoms with Crippen molar-refractivity contribution in [1.82, 2.24) is 9.97 Å². The van der Waals surface area contributed by atoms with Crippen LogP contribution in [-0.4, -0.2) is 37.3 Å². The standard InChI is InChI=1S/C12H21N3O2/c1-12(2,6-8-16-3)9-14-11-13-7-5-10(15-11)17-4/h5,7H,6,8-9H2,1-4H3,(H,13,14,15). The van der Waals surface area contributed by atoms with Crippen LogP contribution in [0.15, 0.2) is 12.3 Å². The van der Waals surface area contributed by atoms with Gasteiger partial charge in [0.15, 0.2) is 0 Å². The van der Waals surface area contributed by atoms with E-state index in [-0.39, 0.29) is 5.41 Å². The van der Waals surface area contributed by atoms with Crippen molar-refractivity contribution >= 4 is 5.95 Å². The van der Waals surface area contributed by atoms with Crippen LogP contribution >= 0.6 is 0 Å². The Morgan fingerprint density at radius 3 is 2.76 bits per heavy atom. The lowest BCUT2D eigenvalue weighted by atomic mass is 9.90. The molecule has 1 rings (SSSR count). The summed E-state index contributed by atoms with van der Waals surface area (Å²) < 4.78 is 10.1. The second kappa shape index (κ2) is 6.39. The average molecular weight is 239 g/mol. The summed E-state index contributed by atoms with van der Waals surface area (Å²) in [6.07, 6.45) is 2.66. The van der Waals surface area contributed by atoms with Gasteiger partial charge in [-0.2, -0.15) is 4.98 Å². The molecule has 0 atom stereocenters. The minimum Gasteiger partial charge on any atom is -0.481 e. The average Bonchev–Trinajstić information content (AvgIpc) is 2.34. The fourth-order valence-electron chi connectivity index (χ4n) is 1.33. The predicted octanol–water partition coefficient (Wildman–Crippen LogP) is 1.96. The van der Waals surface area contributed by atoms with E-state index < -0.39 is 0 Å². The fourth-order valence-corrected chi connectivity index (χ4v) is 1.33. The molecule has 1 aromatic rings. The summed E-state index contributed by atoms with van der Waals surface area (Å²) in [4.78, 5) is 8.34. The van der Waals surface area contributed by atoms with E-state index in [1.54, 1.807) is 26.5 Å². The van der Waals surface area contributed by atoms with Gasteiger partial charge in [-0.1, -0.05) is 13.8 Å². The third kappa shape index (κ3) is 4.99. The first-order valence-corrected chi connectivity index (χ1v) is 5.67. The third-order valence-corrected chi connectivity index (χ3v) is 2.55. The normalized spacial score (nSPS) is 11.3. The summed E-state index contributed by atoms with van der Waals surface area (Å²) in [5.74, 6) is 1.16. The van der Waals surface area contributed by atoms with Crippen LogP contribution in [0, 0.1) is 5.41 Å². The maximum atomic E-state index is 5.09. The van der Waals surface area contributed by atoms with Gasteiger partial charge in [-0.15, -0.1) is 0 Å². The minimum absolute atomic E-state index is 0.141. The molecule has 0 unspecified atom stereocenters. The Kier molecular flexibility index (Phi) is 5.15. The molecule has 0 aliphatic heterocycles. The first kappa shape index (κ1) is 13.7. The van der Waals surface area contributed by atoms with Crippen LogP contribution in [0.5, 0.6) is 5.88 Å². The number of rotatable bonds is 7. The Morgan fingerprint density at radius 2 is 2.12 bits per heavy atom. The van der Waals surface area contributed by atoms with E-state index in [0.717, 1.165) is 19.6 Å². The Morgan fingerprint density at radius 1 is 1.35 bits per heavy atom. The van der Waals surface area contributed by atoms with Gasteiger partial charge < -0.3 is 14.8 Å².